The highest BCUT2D eigenvalue weighted by Crippen LogP contribution is 2.21. The number of nitrogens with zero attached hydrogens (tertiary/aromatic N) is 1. The summed E-state index contributed by atoms with van der Waals surface area (Å²) in [6, 6.07) is 14.6. The summed E-state index contributed by atoms with van der Waals surface area (Å²) < 4.78 is 0. The Kier molecular flexibility index (Phi) is 8.80. The molecule has 0 spiro atoms. The van der Waals surface area contributed by atoms with Crippen LogP contribution >= 0.6 is 11.6 Å². The van der Waals surface area contributed by atoms with Crippen LogP contribution in [0, 0.1) is 5.92 Å². The van der Waals surface area contributed by atoms with Crippen LogP contribution in [0.2, 0.25) is 5.02 Å². The fraction of sp³-hybridized carbons (Fsp3) is 0.364. The number of urea groups is 1. The molecule has 0 bridgehead atoms. The maximum atomic E-state index is 12.1. The van der Waals surface area contributed by atoms with Gasteiger partial charge in [0, 0.05) is 38.1 Å². The summed E-state index contributed by atoms with van der Waals surface area (Å²) in [7, 11) is 2.02. The molecule has 0 aromatic heterocycles. The van der Waals surface area contributed by atoms with Gasteiger partial charge in [-0.25, -0.2) is 4.79 Å². The van der Waals surface area contributed by atoms with Crippen molar-refractivity contribution in [2.24, 2.45) is 5.92 Å². The van der Waals surface area contributed by atoms with Crippen LogP contribution < -0.4 is 20.9 Å². The van der Waals surface area contributed by atoms with E-state index in [4.69, 9.17) is 11.6 Å². The van der Waals surface area contributed by atoms with Crippen LogP contribution in [0.15, 0.2) is 48.5 Å². The lowest BCUT2D eigenvalue weighted by Gasteiger charge is -2.19. The van der Waals surface area contributed by atoms with E-state index in [1.54, 1.807) is 18.2 Å². The molecule has 0 fully saturated rings. The van der Waals surface area contributed by atoms with E-state index < -0.39 is 0 Å². The first-order chi connectivity index (χ1) is 13.9. The number of para-hydroxylation sites is 1. The first-order valence-corrected chi connectivity index (χ1v) is 10.1. The van der Waals surface area contributed by atoms with Crippen molar-refractivity contribution in [3.05, 3.63) is 59.1 Å². The molecule has 2 rings (SSSR count). The highest BCUT2D eigenvalue weighted by molar-refractivity contribution is 6.34. The van der Waals surface area contributed by atoms with E-state index in [-0.39, 0.29) is 11.9 Å². The monoisotopic (exact) mass is 416 g/mol. The zero-order chi connectivity index (χ0) is 21.2. The third-order valence-electron chi connectivity index (χ3n) is 4.30. The summed E-state index contributed by atoms with van der Waals surface area (Å²) in [5, 5.41) is 8.69. The Bertz CT molecular complexity index is 812. The average molecular weight is 417 g/mol. The molecule has 2 aromatic carbocycles. The lowest BCUT2D eigenvalue weighted by atomic mass is 10.1. The van der Waals surface area contributed by atoms with E-state index in [1.165, 1.54) is 0 Å². The van der Waals surface area contributed by atoms with E-state index in [0.29, 0.717) is 35.3 Å². The molecule has 0 aliphatic heterocycles. The quantitative estimate of drug-likeness (QED) is 0.531. The number of nitrogens with one attached hydrogen (secondary N) is 3. The molecule has 0 saturated heterocycles. The standard InChI is InChI=1S/C22H29ClN4O2/c1-16(2)15-25-21(28)19-11-10-17(14-20(19)23)26-22(29)24-12-7-13-27(3)18-8-5-4-6-9-18/h4-6,8-11,14,16H,7,12-13,15H2,1-3H3,(H,25,28)(H2,24,26,29). The molecule has 0 atom stereocenters. The molecular formula is C22H29ClN4O2. The fourth-order valence-electron chi connectivity index (χ4n) is 2.67. The number of rotatable bonds is 9. The van der Waals surface area contributed by atoms with E-state index in [0.717, 1.165) is 18.7 Å². The summed E-state index contributed by atoms with van der Waals surface area (Å²) in [6.45, 7) is 6.00. The maximum Gasteiger partial charge on any atom is 0.319 e. The van der Waals surface area contributed by atoms with Gasteiger partial charge in [0.1, 0.15) is 0 Å². The molecule has 3 N–H and O–H groups in total. The highest BCUT2D eigenvalue weighted by Gasteiger charge is 2.12. The second-order valence-corrected chi connectivity index (χ2v) is 7.70. The normalized spacial score (nSPS) is 10.5. The van der Waals surface area contributed by atoms with Gasteiger partial charge in [-0.1, -0.05) is 43.6 Å². The smallest absolute Gasteiger partial charge is 0.319 e. The van der Waals surface area contributed by atoms with Crippen LogP contribution in [0.1, 0.15) is 30.6 Å². The third kappa shape index (κ3) is 7.66. The van der Waals surface area contributed by atoms with Gasteiger partial charge in [-0.05, 0) is 42.7 Å². The Morgan fingerprint density at radius 2 is 1.79 bits per heavy atom. The third-order valence-corrected chi connectivity index (χ3v) is 4.61. The number of carbonyl (C=O) groups is 2. The van der Waals surface area contributed by atoms with Crippen molar-refractivity contribution in [2.45, 2.75) is 20.3 Å². The van der Waals surface area contributed by atoms with Gasteiger partial charge >= 0.3 is 6.03 Å². The summed E-state index contributed by atoms with van der Waals surface area (Å²) >= 11 is 6.20. The zero-order valence-electron chi connectivity index (χ0n) is 17.2. The van der Waals surface area contributed by atoms with Gasteiger partial charge in [-0.3, -0.25) is 4.79 Å². The maximum absolute atomic E-state index is 12.1. The van der Waals surface area contributed by atoms with Crippen molar-refractivity contribution in [1.82, 2.24) is 10.6 Å². The van der Waals surface area contributed by atoms with Crippen LogP contribution in [0.5, 0.6) is 0 Å². The van der Waals surface area contributed by atoms with E-state index in [9.17, 15) is 9.59 Å². The van der Waals surface area contributed by atoms with Crippen molar-refractivity contribution >= 4 is 34.9 Å². The molecule has 29 heavy (non-hydrogen) atoms. The van der Waals surface area contributed by atoms with Gasteiger partial charge < -0.3 is 20.9 Å². The summed E-state index contributed by atoms with van der Waals surface area (Å²) in [5.74, 6) is 0.136. The van der Waals surface area contributed by atoms with Crippen LogP contribution in [0.3, 0.4) is 0 Å². The van der Waals surface area contributed by atoms with Gasteiger partial charge in [-0.2, -0.15) is 0 Å². The summed E-state index contributed by atoms with van der Waals surface area (Å²) in [5.41, 5.74) is 2.07. The van der Waals surface area contributed by atoms with Crippen molar-refractivity contribution in [2.75, 3.05) is 36.9 Å². The molecular weight excluding hydrogens is 388 g/mol. The second kappa shape index (κ2) is 11.3. The average Bonchev–Trinajstić information content (AvgIpc) is 2.70. The molecule has 7 heteroatoms. The molecule has 6 nitrogen and oxygen atoms in total. The number of hydrogen-bond acceptors (Lipinski definition) is 3. The van der Waals surface area contributed by atoms with Crippen molar-refractivity contribution in [3.8, 4) is 0 Å². The predicted octanol–water partition coefficient (Wildman–Crippen LogP) is 4.37. The number of amides is 3. The molecule has 0 saturated carbocycles. The largest absolute Gasteiger partial charge is 0.375 e. The van der Waals surface area contributed by atoms with Crippen molar-refractivity contribution in [1.29, 1.82) is 0 Å². The Morgan fingerprint density at radius 3 is 2.45 bits per heavy atom. The lowest BCUT2D eigenvalue weighted by molar-refractivity contribution is 0.0949. The van der Waals surface area contributed by atoms with Crippen LogP contribution in [-0.2, 0) is 0 Å². The van der Waals surface area contributed by atoms with E-state index >= 15 is 0 Å². The predicted molar refractivity (Wildman–Crippen MR) is 120 cm³/mol. The van der Waals surface area contributed by atoms with Crippen molar-refractivity contribution < 1.29 is 9.59 Å². The lowest BCUT2D eigenvalue weighted by Crippen LogP contribution is -2.31. The van der Waals surface area contributed by atoms with Crippen LogP contribution in [0.25, 0.3) is 0 Å². The number of hydrogen-bond donors (Lipinski definition) is 3. The minimum absolute atomic E-state index is 0.220. The van der Waals surface area contributed by atoms with Crippen LogP contribution in [0.4, 0.5) is 16.2 Å². The van der Waals surface area contributed by atoms with Gasteiger partial charge in [0.25, 0.3) is 5.91 Å². The number of halogens is 1. The highest BCUT2D eigenvalue weighted by atomic mass is 35.5. The molecule has 0 aliphatic carbocycles. The van der Waals surface area contributed by atoms with Gasteiger partial charge in [0.15, 0.2) is 0 Å². The topological polar surface area (TPSA) is 73.5 Å². The number of carbonyl (C=O) groups excluding carboxylic acids is 2. The summed E-state index contributed by atoms with van der Waals surface area (Å²) in [6.07, 6.45) is 0.814. The van der Waals surface area contributed by atoms with E-state index in [2.05, 4.69) is 33.0 Å². The van der Waals surface area contributed by atoms with Crippen molar-refractivity contribution in [3.63, 3.8) is 0 Å². The number of anilines is 2. The Hall–Kier alpha value is -2.73. The Balaban J connectivity index is 1.76. The second-order valence-electron chi connectivity index (χ2n) is 7.29. The Labute approximate surface area is 177 Å². The molecule has 3 amide bonds. The summed E-state index contributed by atoms with van der Waals surface area (Å²) in [4.78, 5) is 26.4. The molecule has 156 valence electrons. The van der Waals surface area contributed by atoms with Gasteiger partial charge in [0.2, 0.25) is 0 Å². The first-order valence-electron chi connectivity index (χ1n) is 9.75. The number of benzene rings is 2. The Morgan fingerprint density at radius 1 is 1.07 bits per heavy atom. The van der Waals surface area contributed by atoms with Crippen LogP contribution in [-0.4, -0.2) is 38.6 Å². The minimum Gasteiger partial charge on any atom is -0.375 e. The molecule has 0 unspecified atom stereocenters. The fourth-order valence-corrected chi connectivity index (χ4v) is 2.94. The molecule has 0 aliphatic rings. The molecule has 2 aromatic rings. The zero-order valence-corrected chi connectivity index (χ0v) is 17.9. The SMILES string of the molecule is CC(C)CNC(=O)c1ccc(NC(=O)NCCCN(C)c2ccccc2)cc1Cl. The first kappa shape index (κ1) is 22.6. The van der Waals surface area contributed by atoms with E-state index in [1.807, 2.05) is 39.1 Å². The minimum atomic E-state index is -0.305. The van der Waals surface area contributed by atoms with Gasteiger partial charge in [0.05, 0.1) is 10.6 Å². The molecule has 0 heterocycles. The molecule has 0 radical (unpaired) electrons. The van der Waals surface area contributed by atoms with Gasteiger partial charge in [-0.15, -0.1) is 0 Å².